The van der Waals surface area contributed by atoms with E-state index in [0.717, 1.165) is 11.1 Å². The van der Waals surface area contributed by atoms with E-state index in [0.29, 0.717) is 23.9 Å². The molecule has 0 saturated carbocycles. The Balaban J connectivity index is 1.30. The van der Waals surface area contributed by atoms with Gasteiger partial charge in [0.05, 0.1) is 24.8 Å². The largest absolute Gasteiger partial charge is 0.483 e. The lowest BCUT2D eigenvalue weighted by Crippen LogP contribution is -2.56. The first-order chi connectivity index (χ1) is 23.2. The Hall–Kier alpha value is -5.24. The van der Waals surface area contributed by atoms with Crippen LogP contribution in [0.1, 0.15) is 41.4 Å². The van der Waals surface area contributed by atoms with Crippen LogP contribution in [0, 0.1) is 0 Å². The van der Waals surface area contributed by atoms with Gasteiger partial charge in [0.15, 0.2) is 6.61 Å². The number of ether oxygens (including phenoxy) is 2. The molecule has 3 heterocycles. The van der Waals surface area contributed by atoms with Crippen molar-refractivity contribution in [1.29, 1.82) is 0 Å². The van der Waals surface area contributed by atoms with Gasteiger partial charge in [0, 0.05) is 50.6 Å². The molecule has 0 unspecified atom stereocenters. The predicted octanol–water partition coefficient (Wildman–Crippen LogP) is 1.82. The maximum atomic E-state index is 13.6. The van der Waals surface area contributed by atoms with Crippen molar-refractivity contribution >= 4 is 40.7 Å². The summed E-state index contributed by atoms with van der Waals surface area (Å²) in [6, 6.07) is 14.5. The van der Waals surface area contributed by atoms with Crippen molar-refractivity contribution < 1.29 is 43.7 Å². The number of piperazine rings is 1. The van der Waals surface area contributed by atoms with E-state index in [1.54, 1.807) is 36.1 Å². The number of carboxylic acid groups (broad SMARTS) is 1. The molecule has 254 valence electrons. The number of aliphatic hydroxyl groups is 1. The number of carbonyl (C=O) groups is 5. The summed E-state index contributed by atoms with van der Waals surface area (Å²) in [7, 11) is 0. The SMILES string of the molecule is CCOC(=O)N1CCN(C(=O)[C@H](CCC(=O)O)NC(=O)c2cc(OCC(=O)N3Cc4ccccc4C[C@H]3CO)c3ccccc3n2)CC1. The number of aliphatic hydroxyl groups excluding tert-OH is 1. The lowest BCUT2D eigenvalue weighted by molar-refractivity contribution is -0.139. The molecule has 14 nitrogen and oxygen atoms in total. The zero-order valence-corrected chi connectivity index (χ0v) is 26.7. The summed E-state index contributed by atoms with van der Waals surface area (Å²) in [6.07, 6.45) is -0.480. The van der Waals surface area contributed by atoms with Gasteiger partial charge >= 0.3 is 12.1 Å². The summed E-state index contributed by atoms with van der Waals surface area (Å²) in [4.78, 5) is 72.9. The number of aliphatic carboxylic acids is 1. The number of pyridine rings is 1. The third kappa shape index (κ3) is 8.00. The van der Waals surface area contributed by atoms with Gasteiger partial charge < -0.3 is 39.7 Å². The van der Waals surface area contributed by atoms with Gasteiger partial charge in [-0.15, -0.1) is 0 Å². The van der Waals surface area contributed by atoms with E-state index < -0.39 is 36.0 Å². The number of rotatable bonds is 11. The molecule has 2 aliphatic rings. The molecule has 0 radical (unpaired) electrons. The van der Waals surface area contributed by atoms with Crippen LogP contribution in [0.15, 0.2) is 54.6 Å². The average molecular weight is 662 g/mol. The molecule has 5 rings (SSSR count). The molecule has 4 amide bonds. The monoisotopic (exact) mass is 661 g/mol. The topological polar surface area (TPSA) is 179 Å². The van der Waals surface area contributed by atoms with Gasteiger partial charge in [0.2, 0.25) is 5.91 Å². The number of fused-ring (bicyclic) bond motifs is 2. The number of aromatic nitrogens is 1. The number of nitrogens with zero attached hydrogens (tertiary/aromatic N) is 4. The fraction of sp³-hybridized carbons (Fsp3) is 0.412. The van der Waals surface area contributed by atoms with Gasteiger partial charge in [-0.2, -0.15) is 0 Å². The van der Waals surface area contributed by atoms with E-state index >= 15 is 0 Å². The van der Waals surface area contributed by atoms with Crippen LogP contribution in [0.2, 0.25) is 0 Å². The summed E-state index contributed by atoms with van der Waals surface area (Å²) in [6.45, 7) is 2.56. The standard InChI is InChI=1S/C34H39N5O9/c1-2-47-34(46)38-15-13-37(14-16-38)33(45)27(11-12-31(42)43)36-32(44)28-18-29(25-9-5-6-10-26(25)35-28)48-21-30(41)39-19-23-8-4-3-7-22(23)17-24(39)20-40/h3-10,18,24,27,40H,2,11-17,19-21H2,1H3,(H,36,44)(H,42,43)/t24-,27-/m0/s1. The van der Waals surface area contributed by atoms with Gasteiger partial charge in [0.25, 0.3) is 11.8 Å². The van der Waals surface area contributed by atoms with Gasteiger partial charge in [-0.3, -0.25) is 19.2 Å². The molecule has 0 spiro atoms. The van der Waals surface area contributed by atoms with E-state index in [-0.39, 0.29) is 76.2 Å². The molecule has 48 heavy (non-hydrogen) atoms. The van der Waals surface area contributed by atoms with Crippen LogP contribution < -0.4 is 10.1 Å². The fourth-order valence-corrected chi connectivity index (χ4v) is 5.95. The number of amides is 4. The van der Waals surface area contributed by atoms with E-state index in [4.69, 9.17) is 9.47 Å². The third-order valence-corrected chi connectivity index (χ3v) is 8.52. The summed E-state index contributed by atoms with van der Waals surface area (Å²) < 4.78 is 11.0. The average Bonchev–Trinajstić information content (AvgIpc) is 3.11. The number of hydrogen-bond donors (Lipinski definition) is 3. The lowest BCUT2D eigenvalue weighted by Gasteiger charge is -2.36. The quantitative estimate of drug-likeness (QED) is 0.275. The van der Waals surface area contributed by atoms with E-state index in [2.05, 4.69) is 10.3 Å². The Labute approximate surface area is 277 Å². The number of para-hydroxylation sites is 1. The van der Waals surface area contributed by atoms with Crippen molar-refractivity contribution in [2.75, 3.05) is 46.0 Å². The zero-order chi connectivity index (χ0) is 34.2. The van der Waals surface area contributed by atoms with Crippen LogP contribution in [-0.4, -0.2) is 118 Å². The maximum Gasteiger partial charge on any atom is 0.409 e. The molecule has 0 aliphatic carbocycles. The van der Waals surface area contributed by atoms with Gasteiger partial charge in [-0.05, 0) is 43.0 Å². The second-order valence-electron chi connectivity index (χ2n) is 11.6. The molecule has 2 atom stereocenters. The van der Waals surface area contributed by atoms with Gasteiger partial charge in [-0.1, -0.05) is 36.4 Å². The van der Waals surface area contributed by atoms with Crippen LogP contribution in [0.25, 0.3) is 10.9 Å². The fourth-order valence-electron chi connectivity index (χ4n) is 5.95. The molecule has 2 aromatic carbocycles. The Bertz CT molecular complexity index is 1670. The van der Waals surface area contributed by atoms with Crippen LogP contribution in [-0.2, 0) is 32.1 Å². The second kappa shape index (κ2) is 15.6. The smallest absolute Gasteiger partial charge is 0.409 e. The molecular weight excluding hydrogens is 622 g/mol. The molecule has 2 aliphatic heterocycles. The van der Waals surface area contributed by atoms with Crippen molar-refractivity contribution in [2.45, 2.75) is 44.8 Å². The molecule has 1 fully saturated rings. The van der Waals surface area contributed by atoms with Crippen LogP contribution in [0.4, 0.5) is 4.79 Å². The van der Waals surface area contributed by atoms with Gasteiger partial charge in [0.1, 0.15) is 17.5 Å². The molecule has 0 bridgehead atoms. The molecular formula is C34H39N5O9. The van der Waals surface area contributed by atoms with Crippen molar-refractivity contribution in [1.82, 2.24) is 25.0 Å². The number of carboxylic acids is 1. The van der Waals surface area contributed by atoms with E-state index in [1.165, 1.54) is 15.9 Å². The Morgan fingerprint density at radius 1 is 0.979 bits per heavy atom. The highest BCUT2D eigenvalue weighted by atomic mass is 16.6. The highest BCUT2D eigenvalue weighted by Crippen LogP contribution is 2.27. The van der Waals surface area contributed by atoms with Gasteiger partial charge in [-0.25, -0.2) is 9.78 Å². The van der Waals surface area contributed by atoms with Crippen LogP contribution in [0.5, 0.6) is 5.75 Å². The first-order valence-electron chi connectivity index (χ1n) is 15.9. The highest BCUT2D eigenvalue weighted by Gasteiger charge is 2.32. The van der Waals surface area contributed by atoms with Crippen molar-refractivity contribution in [3.05, 3.63) is 71.4 Å². The third-order valence-electron chi connectivity index (χ3n) is 8.52. The predicted molar refractivity (Wildman–Crippen MR) is 172 cm³/mol. The van der Waals surface area contributed by atoms with Crippen LogP contribution >= 0.6 is 0 Å². The first kappa shape index (κ1) is 34.1. The second-order valence-corrected chi connectivity index (χ2v) is 11.6. The Morgan fingerprint density at radius 2 is 1.67 bits per heavy atom. The first-order valence-corrected chi connectivity index (χ1v) is 15.9. The van der Waals surface area contributed by atoms with Crippen molar-refractivity contribution in [3.63, 3.8) is 0 Å². The van der Waals surface area contributed by atoms with Crippen molar-refractivity contribution in [2.24, 2.45) is 0 Å². The van der Waals surface area contributed by atoms with E-state index in [9.17, 15) is 34.2 Å². The summed E-state index contributed by atoms with van der Waals surface area (Å²) in [5.41, 5.74) is 2.40. The molecule has 3 aromatic rings. The minimum Gasteiger partial charge on any atom is -0.483 e. The Kier molecular flexibility index (Phi) is 11.1. The number of nitrogens with one attached hydrogen (secondary N) is 1. The highest BCUT2D eigenvalue weighted by molar-refractivity contribution is 5.99. The number of carbonyl (C=O) groups excluding carboxylic acids is 4. The summed E-state index contributed by atoms with van der Waals surface area (Å²) in [5, 5.41) is 22.5. The molecule has 14 heteroatoms. The molecule has 3 N–H and O–H groups in total. The van der Waals surface area contributed by atoms with E-state index in [1.807, 2.05) is 24.3 Å². The summed E-state index contributed by atoms with van der Waals surface area (Å²) >= 11 is 0. The van der Waals surface area contributed by atoms with Crippen molar-refractivity contribution in [3.8, 4) is 5.75 Å². The minimum atomic E-state index is -1.17. The zero-order valence-electron chi connectivity index (χ0n) is 26.7. The number of hydrogen-bond acceptors (Lipinski definition) is 9. The molecule has 1 saturated heterocycles. The van der Waals surface area contributed by atoms with Crippen LogP contribution in [0.3, 0.4) is 0 Å². The number of benzene rings is 2. The normalized spacial score (nSPS) is 16.5. The summed E-state index contributed by atoms with van der Waals surface area (Å²) in [5.74, 6) is -2.44. The maximum absolute atomic E-state index is 13.6. The lowest BCUT2D eigenvalue weighted by atomic mass is 9.94. The minimum absolute atomic E-state index is 0.0865. The molecule has 1 aromatic heterocycles. The Morgan fingerprint density at radius 3 is 2.38 bits per heavy atom.